The van der Waals surface area contributed by atoms with E-state index in [4.69, 9.17) is 11.1 Å². The van der Waals surface area contributed by atoms with Gasteiger partial charge < -0.3 is 10.7 Å². The lowest BCUT2D eigenvalue weighted by molar-refractivity contribution is 1.34. The Morgan fingerprint density at radius 3 is 2.43 bits per heavy atom. The number of rotatable bonds is 1. The fourth-order valence-corrected chi connectivity index (χ4v) is 1.22. The van der Waals surface area contributed by atoms with Crippen molar-refractivity contribution in [3.05, 3.63) is 36.0 Å². The maximum Gasteiger partial charge on any atom is 0.139 e. The summed E-state index contributed by atoms with van der Waals surface area (Å²) in [6.45, 7) is 0. The van der Waals surface area contributed by atoms with Crippen molar-refractivity contribution in [2.75, 3.05) is 0 Å². The molecule has 5 heteroatoms. The molecule has 1 aromatic carbocycles. The molecule has 1 heterocycles. The van der Waals surface area contributed by atoms with Gasteiger partial charge in [-0.1, -0.05) is 18.2 Å². The highest BCUT2D eigenvalue weighted by Crippen LogP contribution is 2.13. The molecule has 2 aromatic rings. The Morgan fingerprint density at radius 1 is 1.21 bits per heavy atom. The first-order valence-electron chi connectivity index (χ1n) is 3.69. The zero-order valence-corrected chi connectivity index (χ0v) is 8.91. The van der Waals surface area contributed by atoms with Crippen molar-refractivity contribution < 1.29 is 0 Å². The number of hydrogen-bond donors (Lipinski definition) is 3. The Labute approximate surface area is 94.0 Å². The predicted octanol–water partition coefficient (Wildman–Crippen LogP) is 2.30. The predicted molar refractivity (Wildman–Crippen MR) is 63.8 cm³/mol. The minimum atomic E-state index is 0. The normalized spacial score (nSPS) is 8.86. The average molecular weight is 232 g/mol. The third-order valence-corrected chi connectivity index (χ3v) is 1.82. The standard InChI is InChI=1S/C9H9N3.2ClH/c10-9(11)8-5-6-3-1-2-4-7(6)12-8;;/h1-5,12H,(H3,10,11);2*1H. The van der Waals surface area contributed by atoms with Crippen molar-refractivity contribution in [1.82, 2.24) is 4.98 Å². The molecule has 1 aromatic heterocycles. The monoisotopic (exact) mass is 231 g/mol. The van der Waals surface area contributed by atoms with E-state index in [1.165, 1.54) is 0 Å². The molecule has 0 atom stereocenters. The average Bonchev–Trinajstić information content (AvgIpc) is 2.46. The van der Waals surface area contributed by atoms with Crippen molar-refractivity contribution in [1.29, 1.82) is 5.41 Å². The van der Waals surface area contributed by atoms with Gasteiger partial charge in [0.15, 0.2) is 0 Å². The van der Waals surface area contributed by atoms with Crippen LogP contribution in [0.1, 0.15) is 5.69 Å². The van der Waals surface area contributed by atoms with Crippen molar-refractivity contribution in [2.45, 2.75) is 0 Å². The highest BCUT2D eigenvalue weighted by molar-refractivity contribution is 5.98. The topological polar surface area (TPSA) is 65.7 Å². The van der Waals surface area contributed by atoms with E-state index in [0.29, 0.717) is 5.69 Å². The molecular formula is C9H11Cl2N3. The fourth-order valence-electron chi connectivity index (χ4n) is 1.22. The van der Waals surface area contributed by atoms with Crippen LogP contribution in [0.3, 0.4) is 0 Å². The van der Waals surface area contributed by atoms with Gasteiger partial charge in [-0.05, 0) is 12.1 Å². The van der Waals surface area contributed by atoms with Gasteiger partial charge in [0.1, 0.15) is 5.84 Å². The molecule has 0 amide bonds. The maximum absolute atomic E-state index is 7.21. The smallest absolute Gasteiger partial charge is 0.139 e. The second-order valence-electron chi connectivity index (χ2n) is 2.68. The first-order chi connectivity index (χ1) is 5.77. The molecule has 0 fully saturated rings. The van der Waals surface area contributed by atoms with Gasteiger partial charge in [0.25, 0.3) is 0 Å². The summed E-state index contributed by atoms with van der Waals surface area (Å²) in [4.78, 5) is 3.05. The van der Waals surface area contributed by atoms with Crippen molar-refractivity contribution in [3.8, 4) is 0 Å². The maximum atomic E-state index is 7.21. The fraction of sp³-hybridized carbons (Fsp3) is 0. The van der Waals surface area contributed by atoms with Crippen LogP contribution < -0.4 is 5.73 Å². The molecule has 0 aliphatic rings. The molecule has 0 unspecified atom stereocenters. The summed E-state index contributed by atoms with van der Waals surface area (Å²) >= 11 is 0. The number of aromatic nitrogens is 1. The van der Waals surface area contributed by atoms with Crippen LogP contribution in [-0.4, -0.2) is 10.8 Å². The molecule has 0 saturated heterocycles. The van der Waals surface area contributed by atoms with E-state index in [0.717, 1.165) is 10.9 Å². The Morgan fingerprint density at radius 2 is 1.86 bits per heavy atom. The van der Waals surface area contributed by atoms with E-state index in [2.05, 4.69) is 4.98 Å². The first kappa shape index (κ1) is 12.8. The van der Waals surface area contributed by atoms with Gasteiger partial charge in [-0.15, -0.1) is 24.8 Å². The highest BCUT2D eigenvalue weighted by atomic mass is 35.5. The molecule has 0 aliphatic heterocycles. The lowest BCUT2D eigenvalue weighted by atomic mass is 10.2. The highest BCUT2D eigenvalue weighted by Gasteiger charge is 2.00. The van der Waals surface area contributed by atoms with Gasteiger partial charge >= 0.3 is 0 Å². The summed E-state index contributed by atoms with van der Waals surface area (Å²) in [7, 11) is 0. The van der Waals surface area contributed by atoms with Crippen LogP contribution in [0.15, 0.2) is 30.3 Å². The van der Waals surface area contributed by atoms with Crippen LogP contribution in [0.25, 0.3) is 10.9 Å². The molecule has 0 aliphatic carbocycles. The largest absolute Gasteiger partial charge is 0.382 e. The van der Waals surface area contributed by atoms with Gasteiger partial charge in [0.05, 0.1) is 5.69 Å². The molecule has 76 valence electrons. The number of fused-ring (bicyclic) bond motifs is 1. The first-order valence-corrected chi connectivity index (χ1v) is 3.69. The van der Waals surface area contributed by atoms with Crippen LogP contribution in [0.5, 0.6) is 0 Å². The Hall–Kier alpha value is -1.19. The van der Waals surface area contributed by atoms with E-state index in [-0.39, 0.29) is 30.6 Å². The summed E-state index contributed by atoms with van der Waals surface area (Å²) in [5, 5.41) is 8.30. The van der Waals surface area contributed by atoms with E-state index in [1.807, 2.05) is 30.3 Å². The second-order valence-corrected chi connectivity index (χ2v) is 2.68. The zero-order chi connectivity index (χ0) is 8.55. The van der Waals surface area contributed by atoms with Gasteiger partial charge in [0.2, 0.25) is 0 Å². The number of nitrogen functional groups attached to an aromatic ring is 1. The molecule has 0 saturated carbocycles. The number of amidine groups is 1. The van der Waals surface area contributed by atoms with Crippen molar-refractivity contribution in [2.24, 2.45) is 5.73 Å². The van der Waals surface area contributed by atoms with Crippen LogP contribution in [-0.2, 0) is 0 Å². The summed E-state index contributed by atoms with van der Waals surface area (Å²) in [6, 6.07) is 9.72. The Kier molecular flexibility index (Phi) is 4.47. The minimum Gasteiger partial charge on any atom is -0.382 e. The van der Waals surface area contributed by atoms with E-state index in [1.54, 1.807) is 0 Å². The second kappa shape index (κ2) is 4.88. The van der Waals surface area contributed by atoms with Gasteiger partial charge in [-0.2, -0.15) is 0 Å². The third-order valence-electron chi connectivity index (χ3n) is 1.82. The number of nitrogens with two attached hydrogens (primary N) is 1. The van der Waals surface area contributed by atoms with E-state index in [9.17, 15) is 0 Å². The third kappa shape index (κ3) is 2.19. The lowest BCUT2D eigenvalue weighted by Crippen LogP contribution is -2.10. The van der Waals surface area contributed by atoms with Gasteiger partial charge in [-0.3, -0.25) is 5.41 Å². The molecule has 0 radical (unpaired) electrons. The number of aromatic amines is 1. The van der Waals surface area contributed by atoms with Crippen LogP contribution in [0.2, 0.25) is 0 Å². The minimum absolute atomic E-state index is 0. The molecular weight excluding hydrogens is 221 g/mol. The lowest BCUT2D eigenvalue weighted by Gasteiger charge is -1.88. The Bertz CT molecular complexity index is 403. The van der Waals surface area contributed by atoms with Crippen molar-refractivity contribution >= 4 is 41.6 Å². The molecule has 14 heavy (non-hydrogen) atoms. The van der Waals surface area contributed by atoms with Crippen LogP contribution in [0, 0.1) is 5.41 Å². The van der Waals surface area contributed by atoms with Gasteiger partial charge in [0, 0.05) is 10.9 Å². The van der Waals surface area contributed by atoms with Crippen LogP contribution >= 0.6 is 24.8 Å². The summed E-state index contributed by atoms with van der Waals surface area (Å²) in [6.07, 6.45) is 0. The molecule has 0 spiro atoms. The molecule has 3 nitrogen and oxygen atoms in total. The summed E-state index contributed by atoms with van der Waals surface area (Å²) in [5.41, 5.74) is 7.02. The number of halogens is 2. The number of hydrogen-bond acceptors (Lipinski definition) is 1. The number of H-pyrrole nitrogens is 1. The summed E-state index contributed by atoms with van der Waals surface area (Å²) < 4.78 is 0. The summed E-state index contributed by atoms with van der Waals surface area (Å²) in [5.74, 6) is 0.0752. The number of nitrogens with one attached hydrogen (secondary N) is 2. The Balaban J connectivity index is 0.000000845. The quantitative estimate of drug-likeness (QED) is 0.512. The zero-order valence-electron chi connectivity index (χ0n) is 7.28. The molecule has 4 N–H and O–H groups in total. The van der Waals surface area contributed by atoms with E-state index >= 15 is 0 Å². The van der Waals surface area contributed by atoms with E-state index < -0.39 is 0 Å². The number of para-hydroxylation sites is 1. The SMILES string of the molecule is Cl.Cl.N=C(N)c1cc2ccccc2[nH]1. The molecule has 0 bridgehead atoms. The molecule has 2 rings (SSSR count). The van der Waals surface area contributed by atoms with Gasteiger partial charge in [-0.25, -0.2) is 0 Å². The van der Waals surface area contributed by atoms with Crippen LogP contribution in [0.4, 0.5) is 0 Å². The van der Waals surface area contributed by atoms with Crippen molar-refractivity contribution in [3.63, 3.8) is 0 Å². The number of benzene rings is 1.